The van der Waals surface area contributed by atoms with Crippen molar-refractivity contribution in [2.24, 2.45) is 0 Å². The van der Waals surface area contributed by atoms with Gasteiger partial charge in [0.25, 0.3) is 5.56 Å². The number of nitrogens with one attached hydrogen (secondary N) is 3. The van der Waals surface area contributed by atoms with E-state index in [1.165, 1.54) is 0 Å². The normalized spacial score (nSPS) is 11.4. The first-order chi connectivity index (χ1) is 11.6. The highest BCUT2D eigenvalue weighted by molar-refractivity contribution is 7.18. The molecule has 4 aromatic rings. The van der Waals surface area contributed by atoms with Crippen LogP contribution in [0.3, 0.4) is 0 Å². The fourth-order valence-electron chi connectivity index (χ4n) is 2.76. The number of hydrogen-bond donors (Lipinski definition) is 3. The first kappa shape index (κ1) is 14.9. The molecular formula is C17H17N5OS. The van der Waals surface area contributed by atoms with Crippen LogP contribution in [0.1, 0.15) is 16.3 Å². The van der Waals surface area contributed by atoms with E-state index in [9.17, 15) is 4.79 Å². The maximum absolute atomic E-state index is 12.3. The molecule has 4 rings (SSSR count). The summed E-state index contributed by atoms with van der Waals surface area (Å²) in [6.07, 6.45) is 2.50. The summed E-state index contributed by atoms with van der Waals surface area (Å²) >= 11 is 1.57. The zero-order valence-corrected chi connectivity index (χ0v) is 14.3. The summed E-state index contributed by atoms with van der Waals surface area (Å²) in [5.74, 6) is 1.50. The van der Waals surface area contributed by atoms with Gasteiger partial charge in [0.1, 0.15) is 22.1 Å². The second kappa shape index (κ2) is 5.76. The number of fused-ring (bicyclic) bond motifs is 2. The van der Waals surface area contributed by atoms with Crippen LogP contribution in [-0.4, -0.2) is 26.5 Å². The van der Waals surface area contributed by atoms with Gasteiger partial charge in [-0.15, -0.1) is 11.3 Å². The van der Waals surface area contributed by atoms with E-state index in [0.29, 0.717) is 24.2 Å². The van der Waals surface area contributed by atoms with Gasteiger partial charge in [0.15, 0.2) is 0 Å². The van der Waals surface area contributed by atoms with Gasteiger partial charge < -0.3 is 15.3 Å². The van der Waals surface area contributed by atoms with Crippen LogP contribution in [0, 0.1) is 13.8 Å². The highest BCUT2D eigenvalue weighted by atomic mass is 32.1. The average molecular weight is 339 g/mol. The van der Waals surface area contributed by atoms with Crippen molar-refractivity contribution in [3.8, 4) is 0 Å². The molecule has 0 saturated heterocycles. The highest BCUT2D eigenvalue weighted by Gasteiger charge is 2.11. The lowest BCUT2D eigenvalue weighted by molar-refractivity contribution is 0.896. The van der Waals surface area contributed by atoms with Gasteiger partial charge in [-0.2, -0.15) is 0 Å². The maximum Gasteiger partial charge on any atom is 0.259 e. The topological polar surface area (TPSA) is 86.5 Å². The maximum atomic E-state index is 12.3. The Kier molecular flexibility index (Phi) is 3.57. The quantitative estimate of drug-likeness (QED) is 0.533. The minimum Gasteiger partial charge on any atom is -0.370 e. The molecule has 4 heterocycles. The summed E-state index contributed by atoms with van der Waals surface area (Å²) in [5, 5.41) is 5.07. The Balaban J connectivity index is 1.51. The molecule has 0 aliphatic heterocycles. The molecule has 0 aromatic carbocycles. The molecule has 7 heteroatoms. The zero-order chi connectivity index (χ0) is 16.7. The van der Waals surface area contributed by atoms with Crippen LogP contribution in [-0.2, 0) is 6.42 Å². The van der Waals surface area contributed by atoms with Crippen molar-refractivity contribution in [3.63, 3.8) is 0 Å². The summed E-state index contributed by atoms with van der Waals surface area (Å²) in [7, 11) is 0. The van der Waals surface area contributed by atoms with E-state index in [1.807, 2.05) is 38.2 Å². The predicted octanol–water partition coefficient (Wildman–Crippen LogP) is 3.13. The third kappa shape index (κ3) is 2.56. The molecule has 0 bridgehead atoms. The summed E-state index contributed by atoms with van der Waals surface area (Å²) < 4.78 is 0. The minimum absolute atomic E-state index is 0.0530. The van der Waals surface area contributed by atoms with Crippen LogP contribution >= 0.6 is 11.3 Å². The average Bonchev–Trinajstić information content (AvgIpc) is 3.12. The Hall–Kier alpha value is -2.67. The van der Waals surface area contributed by atoms with Gasteiger partial charge in [-0.05, 0) is 37.6 Å². The largest absolute Gasteiger partial charge is 0.370 e. The van der Waals surface area contributed by atoms with E-state index in [1.54, 1.807) is 11.3 Å². The molecule has 3 N–H and O–H groups in total. The third-order valence-electron chi connectivity index (χ3n) is 4.17. The molecule has 0 radical (unpaired) electrons. The Morgan fingerprint density at radius 3 is 2.96 bits per heavy atom. The molecule has 122 valence electrons. The van der Waals surface area contributed by atoms with E-state index in [0.717, 1.165) is 32.1 Å². The Labute approximate surface area is 142 Å². The molecule has 0 fully saturated rings. The number of nitrogens with zero attached hydrogens (tertiary/aromatic N) is 2. The van der Waals surface area contributed by atoms with Crippen LogP contribution in [0.25, 0.3) is 21.3 Å². The number of pyridine rings is 1. The molecule has 24 heavy (non-hydrogen) atoms. The number of aryl methyl sites for hydroxylation is 2. The molecule has 4 aromatic heterocycles. The van der Waals surface area contributed by atoms with E-state index in [-0.39, 0.29) is 5.56 Å². The molecule has 0 spiro atoms. The zero-order valence-electron chi connectivity index (χ0n) is 13.4. The molecule has 0 unspecified atom stereocenters. The Morgan fingerprint density at radius 2 is 2.08 bits per heavy atom. The van der Waals surface area contributed by atoms with Crippen molar-refractivity contribution in [2.75, 3.05) is 11.9 Å². The summed E-state index contributed by atoms with van der Waals surface area (Å²) in [6, 6.07) is 5.95. The molecule has 0 amide bonds. The number of aromatic amines is 2. The van der Waals surface area contributed by atoms with Crippen molar-refractivity contribution in [3.05, 3.63) is 51.0 Å². The van der Waals surface area contributed by atoms with Gasteiger partial charge in [0.2, 0.25) is 0 Å². The second-order valence-corrected chi connectivity index (χ2v) is 6.97. The Morgan fingerprint density at radius 1 is 1.21 bits per heavy atom. The van der Waals surface area contributed by atoms with Crippen LogP contribution < -0.4 is 10.9 Å². The van der Waals surface area contributed by atoms with Gasteiger partial charge >= 0.3 is 0 Å². The van der Waals surface area contributed by atoms with Gasteiger partial charge in [0.05, 0.1) is 5.39 Å². The van der Waals surface area contributed by atoms with Crippen molar-refractivity contribution in [2.45, 2.75) is 20.3 Å². The number of aromatic nitrogens is 4. The first-order valence-electron chi connectivity index (χ1n) is 7.79. The monoisotopic (exact) mass is 339 g/mol. The molecule has 0 atom stereocenters. The van der Waals surface area contributed by atoms with E-state index in [4.69, 9.17) is 0 Å². The van der Waals surface area contributed by atoms with Gasteiger partial charge in [-0.25, -0.2) is 9.97 Å². The second-order valence-electron chi connectivity index (χ2n) is 5.76. The lowest BCUT2D eigenvalue weighted by Crippen LogP contribution is -2.15. The lowest BCUT2D eigenvalue weighted by Gasteiger charge is -2.05. The number of hydrogen-bond acceptors (Lipinski definition) is 5. The smallest absolute Gasteiger partial charge is 0.259 e. The van der Waals surface area contributed by atoms with Crippen molar-refractivity contribution in [1.29, 1.82) is 0 Å². The third-order valence-corrected chi connectivity index (χ3v) is 5.27. The van der Waals surface area contributed by atoms with Crippen LogP contribution in [0.4, 0.5) is 5.82 Å². The SMILES string of the molecule is Cc1sc2nc(CCNc3ccc4cc[nH]c4n3)[nH]c(=O)c2c1C. The highest BCUT2D eigenvalue weighted by Crippen LogP contribution is 2.25. The fourth-order valence-corrected chi connectivity index (χ4v) is 3.80. The van der Waals surface area contributed by atoms with Crippen molar-refractivity contribution < 1.29 is 0 Å². The minimum atomic E-state index is -0.0530. The molecule has 6 nitrogen and oxygen atoms in total. The predicted molar refractivity (Wildman–Crippen MR) is 98.0 cm³/mol. The first-order valence-corrected chi connectivity index (χ1v) is 8.60. The summed E-state index contributed by atoms with van der Waals surface area (Å²) in [4.78, 5) is 29.3. The Bertz CT molecular complexity index is 1090. The number of thiophene rings is 1. The van der Waals surface area contributed by atoms with Gasteiger partial charge in [-0.1, -0.05) is 0 Å². The number of H-pyrrole nitrogens is 2. The standard InChI is InChI=1S/C17H17N5OS/c1-9-10(2)24-17-14(9)16(23)21-13(22-17)6-8-18-12-4-3-11-5-7-19-15(11)20-12/h3-5,7H,6,8H2,1-2H3,(H2,18,19,20)(H,21,22,23). The number of anilines is 1. The van der Waals surface area contributed by atoms with E-state index < -0.39 is 0 Å². The van der Waals surface area contributed by atoms with Crippen molar-refractivity contribution >= 4 is 38.4 Å². The lowest BCUT2D eigenvalue weighted by atomic mass is 10.2. The van der Waals surface area contributed by atoms with E-state index in [2.05, 4.69) is 25.3 Å². The van der Waals surface area contributed by atoms with Crippen molar-refractivity contribution in [1.82, 2.24) is 19.9 Å². The van der Waals surface area contributed by atoms with Crippen LogP contribution in [0.2, 0.25) is 0 Å². The van der Waals surface area contributed by atoms with Crippen LogP contribution in [0.5, 0.6) is 0 Å². The van der Waals surface area contributed by atoms with Crippen LogP contribution in [0.15, 0.2) is 29.2 Å². The van der Waals surface area contributed by atoms with E-state index >= 15 is 0 Å². The fraction of sp³-hybridized carbons (Fsp3) is 0.235. The summed E-state index contributed by atoms with van der Waals surface area (Å²) in [5.41, 5.74) is 1.83. The molecule has 0 aliphatic carbocycles. The molecule has 0 aliphatic rings. The number of rotatable bonds is 4. The van der Waals surface area contributed by atoms with Gasteiger partial charge in [-0.3, -0.25) is 4.79 Å². The molecular weight excluding hydrogens is 322 g/mol. The molecule has 0 saturated carbocycles. The van der Waals surface area contributed by atoms with Gasteiger partial charge in [0, 0.05) is 29.4 Å². The summed E-state index contributed by atoms with van der Waals surface area (Å²) in [6.45, 7) is 4.64.